The number of nitrogens with zero attached hydrogens (tertiary/aromatic N) is 4. The molecule has 1 aliphatic heterocycles. The summed E-state index contributed by atoms with van der Waals surface area (Å²) < 4.78 is 2.08. The molecule has 3 rings (SSSR count). The molecule has 118 valence electrons. The van der Waals surface area contributed by atoms with E-state index in [1.165, 1.54) is 44.3 Å². The van der Waals surface area contributed by atoms with E-state index in [4.69, 9.17) is 0 Å². The van der Waals surface area contributed by atoms with Gasteiger partial charge in [0.1, 0.15) is 11.6 Å². The Bertz CT molecular complexity index is 590. The summed E-state index contributed by atoms with van der Waals surface area (Å²) in [5, 5.41) is 4.51. The lowest BCUT2D eigenvalue weighted by atomic mass is 10.1. The van der Waals surface area contributed by atoms with E-state index in [9.17, 15) is 0 Å². The molecule has 0 radical (unpaired) electrons. The third-order valence-corrected chi connectivity index (χ3v) is 4.60. The van der Waals surface area contributed by atoms with Crippen molar-refractivity contribution in [1.29, 1.82) is 0 Å². The predicted octanol–water partition coefficient (Wildman–Crippen LogP) is 2.99. The van der Waals surface area contributed by atoms with Gasteiger partial charge in [0.05, 0.1) is 6.54 Å². The number of aromatic nitrogens is 3. The van der Waals surface area contributed by atoms with Gasteiger partial charge in [-0.05, 0) is 58.2 Å². The third-order valence-electron chi connectivity index (χ3n) is 4.60. The van der Waals surface area contributed by atoms with Crippen LogP contribution in [0.5, 0.6) is 0 Å². The summed E-state index contributed by atoms with van der Waals surface area (Å²) in [6.07, 6.45) is 4.99. The summed E-state index contributed by atoms with van der Waals surface area (Å²) in [6, 6.07) is 11.4. The molecule has 1 aromatic heterocycles. The molecule has 4 nitrogen and oxygen atoms in total. The SMILES string of the molecule is Cc1nc(C)n(C[C@@H]2CCCN2CCCc2ccccc2)n1. The lowest BCUT2D eigenvalue weighted by Gasteiger charge is -2.24. The van der Waals surface area contributed by atoms with Gasteiger partial charge >= 0.3 is 0 Å². The maximum Gasteiger partial charge on any atom is 0.147 e. The summed E-state index contributed by atoms with van der Waals surface area (Å²) in [5.41, 5.74) is 1.45. The van der Waals surface area contributed by atoms with Crippen LogP contribution in [0.1, 0.15) is 36.5 Å². The Morgan fingerprint density at radius 1 is 1.18 bits per heavy atom. The molecule has 2 heterocycles. The highest BCUT2D eigenvalue weighted by Crippen LogP contribution is 2.20. The lowest BCUT2D eigenvalue weighted by Crippen LogP contribution is -2.34. The quantitative estimate of drug-likeness (QED) is 0.822. The maximum absolute atomic E-state index is 4.51. The second kappa shape index (κ2) is 7.05. The van der Waals surface area contributed by atoms with Gasteiger partial charge in [-0.1, -0.05) is 30.3 Å². The second-order valence-electron chi connectivity index (χ2n) is 6.31. The van der Waals surface area contributed by atoms with Gasteiger partial charge in [0, 0.05) is 6.04 Å². The Morgan fingerprint density at radius 3 is 2.73 bits per heavy atom. The molecule has 4 heteroatoms. The van der Waals surface area contributed by atoms with E-state index in [0.717, 1.165) is 18.2 Å². The van der Waals surface area contributed by atoms with Gasteiger partial charge in [0.15, 0.2) is 0 Å². The largest absolute Gasteiger partial charge is 0.299 e. The topological polar surface area (TPSA) is 34.0 Å². The first-order valence-corrected chi connectivity index (χ1v) is 8.38. The Balaban J connectivity index is 1.51. The number of hydrogen-bond donors (Lipinski definition) is 0. The van der Waals surface area contributed by atoms with E-state index in [2.05, 4.69) is 56.9 Å². The van der Waals surface area contributed by atoms with Crippen LogP contribution < -0.4 is 0 Å². The molecular formula is C18H26N4. The highest BCUT2D eigenvalue weighted by atomic mass is 15.4. The highest BCUT2D eigenvalue weighted by Gasteiger charge is 2.25. The summed E-state index contributed by atoms with van der Waals surface area (Å²) in [4.78, 5) is 7.05. The summed E-state index contributed by atoms with van der Waals surface area (Å²) in [7, 11) is 0. The fourth-order valence-electron chi connectivity index (χ4n) is 3.46. The molecule has 0 bridgehead atoms. The molecule has 22 heavy (non-hydrogen) atoms. The van der Waals surface area contributed by atoms with E-state index >= 15 is 0 Å². The Labute approximate surface area is 133 Å². The van der Waals surface area contributed by atoms with Crippen LogP contribution in [0.2, 0.25) is 0 Å². The van der Waals surface area contributed by atoms with Crippen molar-refractivity contribution < 1.29 is 0 Å². The maximum atomic E-state index is 4.51. The van der Waals surface area contributed by atoms with Crippen LogP contribution in [0.4, 0.5) is 0 Å². The van der Waals surface area contributed by atoms with E-state index < -0.39 is 0 Å². The molecule has 1 saturated heterocycles. The van der Waals surface area contributed by atoms with Crippen molar-refractivity contribution in [3.63, 3.8) is 0 Å². The average Bonchev–Trinajstić information content (AvgIpc) is 3.07. The summed E-state index contributed by atoms with van der Waals surface area (Å²) >= 11 is 0. The zero-order valence-electron chi connectivity index (χ0n) is 13.7. The van der Waals surface area contributed by atoms with E-state index in [0.29, 0.717) is 6.04 Å². The zero-order chi connectivity index (χ0) is 15.4. The highest BCUT2D eigenvalue weighted by molar-refractivity contribution is 5.14. The molecule has 0 unspecified atom stereocenters. The van der Waals surface area contributed by atoms with Crippen molar-refractivity contribution in [3.05, 3.63) is 47.5 Å². The third kappa shape index (κ3) is 3.74. The average molecular weight is 298 g/mol. The first-order chi connectivity index (χ1) is 10.7. The van der Waals surface area contributed by atoms with Crippen LogP contribution in [0, 0.1) is 13.8 Å². The monoisotopic (exact) mass is 298 g/mol. The number of benzene rings is 1. The van der Waals surface area contributed by atoms with Crippen LogP contribution in [-0.4, -0.2) is 38.8 Å². The molecule has 0 saturated carbocycles. The molecule has 1 aromatic carbocycles. The summed E-state index contributed by atoms with van der Waals surface area (Å²) in [6.45, 7) is 7.42. The van der Waals surface area contributed by atoms with Crippen LogP contribution in [-0.2, 0) is 13.0 Å². The van der Waals surface area contributed by atoms with Gasteiger partial charge < -0.3 is 0 Å². The minimum absolute atomic E-state index is 0.621. The smallest absolute Gasteiger partial charge is 0.147 e. The molecule has 0 N–H and O–H groups in total. The van der Waals surface area contributed by atoms with Gasteiger partial charge in [-0.2, -0.15) is 5.10 Å². The van der Waals surface area contributed by atoms with Crippen molar-refractivity contribution in [2.75, 3.05) is 13.1 Å². The molecule has 2 aromatic rings. The van der Waals surface area contributed by atoms with Crippen molar-refractivity contribution in [2.45, 2.75) is 52.1 Å². The van der Waals surface area contributed by atoms with Gasteiger partial charge in [-0.3, -0.25) is 4.90 Å². The van der Waals surface area contributed by atoms with Crippen molar-refractivity contribution in [1.82, 2.24) is 19.7 Å². The minimum Gasteiger partial charge on any atom is -0.299 e. The van der Waals surface area contributed by atoms with Crippen molar-refractivity contribution >= 4 is 0 Å². The summed E-state index contributed by atoms with van der Waals surface area (Å²) in [5.74, 6) is 1.92. The Kier molecular flexibility index (Phi) is 4.88. The van der Waals surface area contributed by atoms with Crippen molar-refractivity contribution in [2.24, 2.45) is 0 Å². The molecule has 1 aliphatic rings. The van der Waals surface area contributed by atoms with Crippen molar-refractivity contribution in [3.8, 4) is 0 Å². The normalized spacial score (nSPS) is 18.9. The molecular weight excluding hydrogens is 272 g/mol. The van der Waals surface area contributed by atoms with Gasteiger partial charge in [0.2, 0.25) is 0 Å². The lowest BCUT2D eigenvalue weighted by molar-refractivity contribution is 0.223. The van der Waals surface area contributed by atoms with Gasteiger partial charge in [0.25, 0.3) is 0 Å². The molecule has 0 aliphatic carbocycles. The molecule has 0 spiro atoms. The first-order valence-electron chi connectivity index (χ1n) is 8.38. The molecule has 1 atom stereocenters. The Hall–Kier alpha value is -1.68. The second-order valence-corrected chi connectivity index (χ2v) is 6.31. The number of hydrogen-bond acceptors (Lipinski definition) is 3. The van der Waals surface area contributed by atoms with E-state index in [1.807, 2.05) is 6.92 Å². The van der Waals surface area contributed by atoms with Crippen LogP contribution >= 0.6 is 0 Å². The molecule has 0 amide bonds. The van der Waals surface area contributed by atoms with Gasteiger partial charge in [-0.25, -0.2) is 9.67 Å². The van der Waals surface area contributed by atoms with Gasteiger partial charge in [-0.15, -0.1) is 0 Å². The Morgan fingerprint density at radius 2 is 2.00 bits per heavy atom. The number of likely N-dealkylation sites (tertiary alicyclic amines) is 1. The predicted molar refractivity (Wildman–Crippen MR) is 88.9 cm³/mol. The number of rotatable bonds is 6. The van der Waals surface area contributed by atoms with Crippen LogP contribution in [0.15, 0.2) is 30.3 Å². The number of aryl methyl sites for hydroxylation is 3. The van der Waals surface area contributed by atoms with Crippen LogP contribution in [0.25, 0.3) is 0 Å². The first kappa shape index (κ1) is 15.2. The zero-order valence-corrected chi connectivity index (χ0v) is 13.7. The van der Waals surface area contributed by atoms with E-state index in [-0.39, 0.29) is 0 Å². The van der Waals surface area contributed by atoms with E-state index in [1.54, 1.807) is 0 Å². The van der Waals surface area contributed by atoms with Crippen LogP contribution in [0.3, 0.4) is 0 Å². The molecule has 1 fully saturated rings. The minimum atomic E-state index is 0.621. The standard InChI is InChI=1S/C18H26N4/c1-15-19-16(2)22(20-15)14-18-11-7-13-21(18)12-6-10-17-8-4-3-5-9-17/h3-5,8-9,18H,6-7,10-14H2,1-2H3/t18-/m0/s1. The fourth-order valence-corrected chi connectivity index (χ4v) is 3.46. The fraction of sp³-hybridized carbons (Fsp3) is 0.556.